The Bertz CT molecular complexity index is 569. The molecule has 0 nitrogen and oxygen atoms in total. The van der Waals surface area contributed by atoms with E-state index in [0.717, 1.165) is 29.6 Å². The fraction of sp³-hybridized carbons (Fsp3) is 0.926. The van der Waals surface area contributed by atoms with Crippen molar-refractivity contribution in [3.8, 4) is 0 Å². The van der Waals surface area contributed by atoms with Gasteiger partial charge in [-0.2, -0.15) is 0 Å². The van der Waals surface area contributed by atoms with Crippen molar-refractivity contribution in [1.29, 1.82) is 0 Å². The third-order valence-corrected chi connectivity index (χ3v) is 10.0. The Morgan fingerprint density at radius 2 is 1.67 bits per heavy atom. The maximum atomic E-state index is 2.71. The van der Waals surface area contributed by atoms with Crippen LogP contribution in [0.5, 0.6) is 0 Å². The van der Waals surface area contributed by atoms with Gasteiger partial charge in [0.05, 0.1) is 0 Å². The van der Waals surface area contributed by atoms with Crippen molar-refractivity contribution in [2.24, 2.45) is 40.4 Å². The van der Waals surface area contributed by atoms with E-state index in [9.17, 15) is 0 Å². The van der Waals surface area contributed by atoms with Crippen LogP contribution in [-0.2, 0) is 0 Å². The van der Waals surface area contributed by atoms with Crippen LogP contribution in [0.4, 0.5) is 0 Å². The van der Waals surface area contributed by atoms with E-state index in [1.54, 1.807) is 6.42 Å². The lowest BCUT2D eigenvalue weighted by Crippen LogP contribution is -2.50. The zero-order valence-electron chi connectivity index (χ0n) is 19.1. The number of hydrogen-bond donors (Lipinski definition) is 0. The van der Waals surface area contributed by atoms with Gasteiger partial charge in [-0.15, -0.1) is 0 Å². The highest BCUT2D eigenvalue weighted by atomic mass is 14.6. The van der Waals surface area contributed by atoms with Crippen LogP contribution in [0.15, 0.2) is 11.1 Å². The monoisotopic (exact) mass is 370 g/mol. The van der Waals surface area contributed by atoms with Gasteiger partial charge < -0.3 is 0 Å². The molecule has 3 fully saturated rings. The molecular weight excluding hydrogens is 324 g/mol. The molecule has 3 saturated carbocycles. The average Bonchev–Trinajstić information content (AvgIpc) is 2.98. The Labute approximate surface area is 170 Å². The highest BCUT2D eigenvalue weighted by Crippen LogP contribution is 2.66. The second kappa shape index (κ2) is 7.53. The van der Waals surface area contributed by atoms with Crippen LogP contribution in [0.25, 0.3) is 0 Å². The lowest BCUT2D eigenvalue weighted by atomic mass is 9.46. The molecule has 0 aromatic rings. The molecule has 0 N–H and O–H groups in total. The van der Waals surface area contributed by atoms with E-state index in [1.165, 1.54) is 77.0 Å². The molecule has 27 heavy (non-hydrogen) atoms. The third kappa shape index (κ3) is 3.46. The Kier molecular flexibility index (Phi) is 5.59. The first-order valence-electron chi connectivity index (χ1n) is 12.6. The second-order valence-corrected chi connectivity index (χ2v) is 12.0. The third-order valence-electron chi connectivity index (χ3n) is 10.0. The Morgan fingerprint density at radius 1 is 0.852 bits per heavy atom. The van der Waals surface area contributed by atoms with Gasteiger partial charge in [-0.3, -0.25) is 0 Å². The summed E-state index contributed by atoms with van der Waals surface area (Å²) >= 11 is 0. The summed E-state index contributed by atoms with van der Waals surface area (Å²) in [5.74, 6) is 4.83. The van der Waals surface area contributed by atoms with Crippen molar-refractivity contribution in [2.75, 3.05) is 0 Å². The van der Waals surface area contributed by atoms with Gasteiger partial charge in [0.1, 0.15) is 0 Å². The quantitative estimate of drug-likeness (QED) is 0.425. The first-order valence-corrected chi connectivity index (χ1v) is 12.6. The fourth-order valence-electron chi connectivity index (χ4n) is 8.42. The molecule has 0 aliphatic heterocycles. The molecule has 0 amide bonds. The van der Waals surface area contributed by atoms with E-state index in [0.29, 0.717) is 10.8 Å². The molecular formula is C27H46. The van der Waals surface area contributed by atoms with Crippen LogP contribution in [0.2, 0.25) is 0 Å². The normalized spacial score (nSPS) is 42.7. The van der Waals surface area contributed by atoms with E-state index < -0.39 is 0 Å². The zero-order chi connectivity index (χ0) is 19.2. The van der Waals surface area contributed by atoms with Crippen molar-refractivity contribution >= 4 is 0 Å². The largest absolute Gasteiger partial charge is 0.0676 e. The molecule has 1 unspecified atom stereocenters. The molecule has 6 atom stereocenters. The van der Waals surface area contributed by atoms with Gasteiger partial charge in [-0.1, -0.05) is 71.4 Å². The SMILES string of the molecule is CC(C)CCC[C@@H](C)C1=C2CC[C@@H]3C4CCCC[C@@]4(C)CC[C@H]3[C@@]2(C)CC1. The summed E-state index contributed by atoms with van der Waals surface area (Å²) in [5.41, 5.74) is 5.17. The maximum Gasteiger partial charge on any atom is -0.00796 e. The van der Waals surface area contributed by atoms with E-state index in [1.807, 2.05) is 11.1 Å². The first-order chi connectivity index (χ1) is 12.8. The topological polar surface area (TPSA) is 0 Å². The summed E-state index contributed by atoms with van der Waals surface area (Å²) < 4.78 is 0. The van der Waals surface area contributed by atoms with Crippen LogP contribution in [0, 0.1) is 40.4 Å². The molecule has 0 radical (unpaired) electrons. The van der Waals surface area contributed by atoms with Gasteiger partial charge in [0.2, 0.25) is 0 Å². The minimum atomic E-state index is 0.573. The molecule has 0 aromatic heterocycles. The van der Waals surface area contributed by atoms with Crippen molar-refractivity contribution in [1.82, 2.24) is 0 Å². The summed E-state index contributed by atoms with van der Waals surface area (Å²) in [4.78, 5) is 0. The minimum Gasteiger partial charge on any atom is -0.0676 e. The number of fused-ring (bicyclic) bond motifs is 5. The summed E-state index contributed by atoms with van der Waals surface area (Å²) in [6, 6.07) is 0. The van der Waals surface area contributed by atoms with Gasteiger partial charge in [0, 0.05) is 0 Å². The summed E-state index contributed by atoms with van der Waals surface area (Å²) in [6.07, 6.45) is 19.3. The molecule has 0 saturated heterocycles. The molecule has 154 valence electrons. The van der Waals surface area contributed by atoms with Crippen molar-refractivity contribution in [3.63, 3.8) is 0 Å². The van der Waals surface area contributed by atoms with Crippen LogP contribution in [-0.4, -0.2) is 0 Å². The van der Waals surface area contributed by atoms with Crippen molar-refractivity contribution < 1.29 is 0 Å². The fourth-order valence-corrected chi connectivity index (χ4v) is 8.42. The predicted octanol–water partition coefficient (Wildman–Crippen LogP) is 8.56. The Hall–Kier alpha value is -0.260. The van der Waals surface area contributed by atoms with Crippen molar-refractivity contribution in [2.45, 2.75) is 118 Å². The van der Waals surface area contributed by atoms with E-state index in [-0.39, 0.29) is 0 Å². The Morgan fingerprint density at radius 3 is 2.44 bits per heavy atom. The van der Waals surface area contributed by atoms with E-state index >= 15 is 0 Å². The molecule has 0 spiro atoms. The second-order valence-electron chi connectivity index (χ2n) is 12.0. The summed E-state index contributed by atoms with van der Waals surface area (Å²) in [6.45, 7) is 12.7. The maximum absolute atomic E-state index is 2.71. The molecule has 0 bridgehead atoms. The van der Waals surface area contributed by atoms with Crippen LogP contribution >= 0.6 is 0 Å². The summed E-state index contributed by atoms with van der Waals surface area (Å²) in [7, 11) is 0. The van der Waals surface area contributed by atoms with Gasteiger partial charge in [0.15, 0.2) is 0 Å². The standard InChI is InChI=1S/C27H46/c1-19(2)9-8-10-20(3)21-14-18-27(5)24(21)13-12-22-23-11-6-7-16-26(23,4)17-15-25(22)27/h19-20,22-23,25H,6-18H2,1-5H3/t20-,22-,23?,25-,26+,27+/m1/s1. The van der Waals surface area contributed by atoms with Crippen molar-refractivity contribution in [3.05, 3.63) is 11.1 Å². The van der Waals surface area contributed by atoms with Gasteiger partial charge in [0.25, 0.3) is 0 Å². The summed E-state index contributed by atoms with van der Waals surface area (Å²) in [5, 5.41) is 0. The average molecular weight is 371 g/mol. The first kappa shape index (κ1) is 20.0. The number of hydrogen-bond acceptors (Lipinski definition) is 0. The highest BCUT2D eigenvalue weighted by molar-refractivity contribution is 5.33. The lowest BCUT2D eigenvalue weighted by Gasteiger charge is -2.59. The molecule has 4 aliphatic carbocycles. The molecule has 4 rings (SSSR count). The van der Waals surface area contributed by atoms with Gasteiger partial charge >= 0.3 is 0 Å². The van der Waals surface area contributed by atoms with Crippen LogP contribution in [0.3, 0.4) is 0 Å². The number of allylic oxidation sites excluding steroid dienone is 2. The van der Waals surface area contributed by atoms with E-state index in [2.05, 4.69) is 34.6 Å². The Balaban J connectivity index is 1.52. The minimum absolute atomic E-state index is 0.573. The highest BCUT2D eigenvalue weighted by Gasteiger charge is 2.56. The van der Waals surface area contributed by atoms with Crippen LogP contribution < -0.4 is 0 Å². The molecule has 4 aliphatic rings. The number of rotatable bonds is 5. The van der Waals surface area contributed by atoms with Gasteiger partial charge in [-0.05, 0) is 98.2 Å². The van der Waals surface area contributed by atoms with Gasteiger partial charge in [-0.25, -0.2) is 0 Å². The molecule has 0 heterocycles. The molecule has 0 heteroatoms. The smallest absolute Gasteiger partial charge is 0.00796 e. The zero-order valence-corrected chi connectivity index (χ0v) is 19.1. The molecule has 0 aromatic carbocycles. The predicted molar refractivity (Wildman–Crippen MR) is 118 cm³/mol. The lowest BCUT2D eigenvalue weighted by molar-refractivity contribution is -0.0674. The van der Waals surface area contributed by atoms with E-state index in [4.69, 9.17) is 0 Å². The van der Waals surface area contributed by atoms with Crippen LogP contribution in [0.1, 0.15) is 118 Å².